The predicted octanol–water partition coefficient (Wildman–Crippen LogP) is 3.36. The van der Waals surface area contributed by atoms with Crippen LogP contribution in [0.3, 0.4) is 0 Å². The molecule has 1 aromatic heterocycles. The van der Waals surface area contributed by atoms with Gasteiger partial charge in [-0.3, -0.25) is 0 Å². The summed E-state index contributed by atoms with van der Waals surface area (Å²) in [6.45, 7) is 6.69. The van der Waals surface area contributed by atoms with E-state index in [9.17, 15) is 0 Å². The zero-order chi connectivity index (χ0) is 9.03. The van der Waals surface area contributed by atoms with Crippen molar-refractivity contribution in [2.75, 3.05) is 0 Å². The van der Waals surface area contributed by atoms with Crippen LogP contribution in [-0.2, 0) is 0 Å². The Morgan fingerprint density at radius 2 is 2.17 bits per heavy atom. The molecule has 2 heteroatoms. The number of hydrogen-bond acceptors (Lipinski definition) is 2. The summed E-state index contributed by atoms with van der Waals surface area (Å²) in [4.78, 5) is 4.27. The van der Waals surface area contributed by atoms with Gasteiger partial charge in [-0.1, -0.05) is 26.8 Å². The molecule has 1 rings (SSSR count). The maximum Gasteiger partial charge on any atom is 0.0965 e. The highest BCUT2D eigenvalue weighted by Crippen LogP contribution is 2.32. The molecule has 0 aliphatic carbocycles. The molecule has 1 aromatic rings. The number of aromatic nitrogens is 1. The minimum atomic E-state index is 0.300. The average Bonchev–Trinajstić information content (AvgIpc) is 2.06. The van der Waals surface area contributed by atoms with Crippen molar-refractivity contribution in [2.45, 2.75) is 37.0 Å². The second kappa shape index (κ2) is 3.94. The molecule has 0 amide bonds. The van der Waals surface area contributed by atoms with E-state index in [2.05, 4.69) is 31.8 Å². The summed E-state index contributed by atoms with van der Waals surface area (Å²) in [7, 11) is 0. The van der Waals surface area contributed by atoms with Gasteiger partial charge in [-0.25, -0.2) is 4.98 Å². The van der Waals surface area contributed by atoms with Crippen molar-refractivity contribution in [3.8, 4) is 0 Å². The van der Waals surface area contributed by atoms with Gasteiger partial charge in [0.2, 0.25) is 0 Å². The maximum absolute atomic E-state index is 4.27. The first-order valence-corrected chi connectivity index (χ1v) is 5.06. The first-order valence-electron chi connectivity index (χ1n) is 4.24. The Hall–Kier alpha value is -0.500. The fourth-order valence-electron chi connectivity index (χ4n) is 0.763. The molecule has 0 aromatic carbocycles. The maximum atomic E-state index is 4.27. The van der Waals surface area contributed by atoms with Gasteiger partial charge in [0.1, 0.15) is 0 Å². The summed E-state index contributed by atoms with van der Waals surface area (Å²) in [6.07, 6.45) is 3.00. The molecule has 0 N–H and O–H groups in total. The Balaban J connectivity index is 2.64. The van der Waals surface area contributed by atoms with Crippen LogP contribution in [0.25, 0.3) is 0 Å². The van der Waals surface area contributed by atoms with Crippen molar-refractivity contribution in [1.82, 2.24) is 4.98 Å². The van der Waals surface area contributed by atoms with Gasteiger partial charge in [-0.15, -0.1) is 11.8 Å². The van der Waals surface area contributed by atoms with Crippen molar-refractivity contribution in [3.63, 3.8) is 0 Å². The van der Waals surface area contributed by atoms with Crippen LogP contribution >= 0.6 is 11.8 Å². The van der Waals surface area contributed by atoms with E-state index in [1.807, 2.05) is 30.1 Å². The van der Waals surface area contributed by atoms with Gasteiger partial charge in [-0.2, -0.15) is 0 Å². The molecule has 0 atom stereocenters. The van der Waals surface area contributed by atoms with Crippen LogP contribution in [0.4, 0.5) is 0 Å². The first kappa shape index (κ1) is 9.59. The van der Waals surface area contributed by atoms with E-state index in [0.29, 0.717) is 4.75 Å². The van der Waals surface area contributed by atoms with E-state index in [1.54, 1.807) is 0 Å². The van der Waals surface area contributed by atoms with Crippen molar-refractivity contribution in [3.05, 3.63) is 24.4 Å². The molecule has 0 fully saturated rings. The van der Waals surface area contributed by atoms with Crippen molar-refractivity contribution in [1.29, 1.82) is 0 Å². The van der Waals surface area contributed by atoms with Crippen LogP contribution in [0.1, 0.15) is 27.2 Å². The van der Waals surface area contributed by atoms with E-state index in [4.69, 9.17) is 0 Å². The lowest BCUT2D eigenvalue weighted by molar-refractivity contribution is 0.683. The molecule has 0 unspecified atom stereocenters. The Labute approximate surface area is 78.6 Å². The Morgan fingerprint density at radius 3 is 2.67 bits per heavy atom. The summed E-state index contributed by atoms with van der Waals surface area (Å²) >= 11 is 1.83. The molecular formula is C10H15NS. The van der Waals surface area contributed by atoms with E-state index in [0.717, 1.165) is 11.4 Å². The highest BCUT2D eigenvalue weighted by molar-refractivity contribution is 8.00. The quantitative estimate of drug-likeness (QED) is 0.663. The molecule has 0 aliphatic rings. The molecule has 12 heavy (non-hydrogen) atoms. The number of nitrogens with zero attached hydrogens (tertiary/aromatic N) is 1. The van der Waals surface area contributed by atoms with Gasteiger partial charge < -0.3 is 0 Å². The third kappa shape index (κ3) is 2.86. The lowest BCUT2D eigenvalue weighted by atomic mass is 10.1. The summed E-state index contributed by atoms with van der Waals surface area (Å²) in [6, 6.07) is 6.03. The standard InChI is InChI=1S/C10H15NS/c1-4-10(2,3)12-9-7-5-6-8-11-9/h5-8H,4H2,1-3H3. The first-order chi connectivity index (χ1) is 5.64. The largest absolute Gasteiger partial charge is 0.250 e. The number of thioether (sulfide) groups is 1. The van der Waals surface area contributed by atoms with Crippen LogP contribution in [0.2, 0.25) is 0 Å². The zero-order valence-electron chi connectivity index (χ0n) is 7.87. The van der Waals surface area contributed by atoms with Gasteiger partial charge in [0.25, 0.3) is 0 Å². The summed E-state index contributed by atoms with van der Waals surface area (Å²) < 4.78 is 0.300. The summed E-state index contributed by atoms with van der Waals surface area (Å²) in [5.74, 6) is 0. The summed E-state index contributed by atoms with van der Waals surface area (Å²) in [5.41, 5.74) is 0. The lowest BCUT2D eigenvalue weighted by Crippen LogP contribution is -2.12. The molecule has 66 valence electrons. The molecule has 0 bridgehead atoms. The van der Waals surface area contributed by atoms with Crippen LogP contribution in [0, 0.1) is 0 Å². The van der Waals surface area contributed by atoms with Crippen molar-refractivity contribution >= 4 is 11.8 Å². The normalized spacial score (nSPS) is 11.6. The Bertz CT molecular complexity index is 231. The van der Waals surface area contributed by atoms with Crippen LogP contribution in [0.15, 0.2) is 29.4 Å². The zero-order valence-corrected chi connectivity index (χ0v) is 8.69. The second-order valence-corrected chi connectivity index (χ2v) is 5.11. The molecule has 1 heterocycles. The van der Waals surface area contributed by atoms with E-state index < -0.39 is 0 Å². The molecule has 1 nitrogen and oxygen atoms in total. The highest BCUT2D eigenvalue weighted by Gasteiger charge is 2.16. The average molecular weight is 181 g/mol. The number of rotatable bonds is 3. The van der Waals surface area contributed by atoms with Crippen LogP contribution in [0.5, 0.6) is 0 Å². The monoisotopic (exact) mass is 181 g/mol. The highest BCUT2D eigenvalue weighted by atomic mass is 32.2. The topological polar surface area (TPSA) is 12.9 Å². The van der Waals surface area contributed by atoms with E-state index in [1.165, 1.54) is 0 Å². The number of pyridine rings is 1. The van der Waals surface area contributed by atoms with Crippen LogP contribution < -0.4 is 0 Å². The van der Waals surface area contributed by atoms with Gasteiger partial charge in [0.15, 0.2) is 0 Å². The minimum Gasteiger partial charge on any atom is -0.250 e. The molecule has 0 spiro atoms. The Kier molecular flexibility index (Phi) is 3.15. The van der Waals surface area contributed by atoms with Gasteiger partial charge >= 0.3 is 0 Å². The van der Waals surface area contributed by atoms with Crippen molar-refractivity contribution in [2.24, 2.45) is 0 Å². The second-order valence-electron chi connectivity index (χ2n) is 3.38. The summed E-state index contributed by atoms with van der Waals surface area (Å²) in [5, 5.41) is 1.12. The van der Waals surface area contributed by atoms with Gasteiger partial charge in [-0.05, 0) is 18.6 Å². The van der Waals surface area contributed by atoms with Gasteiger partial charge in [0.05, 0.1) is 5.03 Å². The molecule has 0 aliphatic heterocycles. The van der Waals surface area contributed by atoms with E-state index in [-0.39, 0.29) is 0 Å². The molecule has 0 saturated carbocycles. The Morgan fingerprint density at radius 1 is 1.42 bits per heavy atom. The smallest absolute Gasteiger partial charge is 0.0965 e. The SMILES string of the molecule is CCC(C)(C)Sc1ccccn1. The predicted molar refractivity (Wildman–Crippen MR) is 54.5 cm³/mol. The molecule has 0 radical (unpaired) electrons. The fraction of sp³-hybridized carbons (Fsp3) is 0.500. The van der Waals surface area contributed by atoms with Crippen molar-refractivity contribution < 1.29 is 0 Å². The third-order valence-electron chi connectivity index (χ3n) is 1.87. The third-order valence-corrected chi connectivity index (χ3v) is 3.16. The van der Waals surface area contributed by atoms with E-state index >= 15 is 0 Å². The molecular weight excluding hydrogens is 166 g/mol. The lowest BCUT2D eigenvalue weighted by Gasteiger charge is -2.20. The van der Waals surface area contributed by atoms with Gasteiger partial charge in [0, 0.05) is 10.9 Å². The molecule has 0 saturated heterocycles. The fourth-order valence-corrected chi connectivity index (χ4v) is 1.73. The van der Waals surface area contributed by atoms with Crippen LogP contribution in [-0.4, -0.2) is 9.73 Å². The number of hydrogen-bond donors (Lipinski definition) is 0. The minimum absolute atomic E-state index is 0.300.